The van der Waals surface area contributed by atoms with Gasteiger partial charge in [-0.2, -0.15) is 0 Å². The molecule has 192 valence electrons. The van der Waals surface area contributed by atoms with Crippen LogP contribution < -0.4 is 4.74 Å². The lowest BCUT2D eigenvalue weighted by atomic mass is 10.00. The van der Waals surface area contributed by atoms with Crippen molar-refractivity contribution in [2.75, 3.05) is 19.7 Å². The minimum absolute atomic E-state index is 0.0192. The molecule has 6 nitrogen and oxygen atoms in total. The fraction of sp³-hybridized carbons (Fsp3) is 0.448. The van der Waals surface area contributed by atoms with E-state index in [1.807, 2.05) is 36.9 Å². The number of rotatable bonds is 10. The first-order chi connectivity index (χ1) is 17.3. The number of carbonyl (C=O) groups is 2. The molecule has 7 heteroatoms. The number of thiophene rings is 1. The number of benzene rings is 1. The molecule has 0 saturated heterocycles. The standard InChI is InChI=1S/C29H36N2O4S/c1-20(2)16-28(32)30(17-24-6-5-14-34-24)18-29(33)31-13-11-27-25(12-15-36-27)26(31)19-35-23-9-7-22(8-10-23)21(3)4/h5-10,12,14-15,20-21,26H,11,13,16-19H2,1-4H3/t26-/m0/s1. The summed E-state index contributed by atoms with van der Waals surface area (Å²) < 4.78 is 11.7. The SMILES string of the molecule is CC(C)CC(=O)N(CC(=O)N1CCc2sccc2[C@@H]1COc1ccc(C(C)C)cc1)Cc1ccco1. The molecule has 3 aromatic rings. The Hall–Kier alpha value is -3.06. The number of hydrogen-bond donors (Lipinski definition) is 0. The molecule has 3 heterocycles. The van der Waals surface area contributed by atoms with Gasteiger partial charge in [0.05, 0.1) is 18.8 Å². The van der Waals surface area contributed by atoms with Gasteiger partial charge in [0, 0.05) is 17.8 Å². The van der Waals surface area contributed by atoms with Crippen molar-refractivity contribution in [1.82, 2.24) is 9.80 Å². The summed E-state index contributed by atoms with van der Waals surface area (Å²) in [6.07, 6.45) is 2.80. The lowest BCUT2D eigenvalue weighted by Gasteiger charge is -2.37. The number of ether oxygens (including phenoxy) is 1. The molecule has 0 bridgehead atoms. The number of hydrogen-bond acceptors (Lipinski definition) is 5. The largest absolute Gasteiger partial charge is 0.491 e. The number of carbonyl (C=O) groups excluding carboxylic acids is 2. The first kappa shape index (κ1) is 26.0. The fourth-order valence-corrected chi connectivity index (χ4v) is 5.48. The van der Waals surface area contributed by atoms with Crippen molar-refractivity contribution in [2.24, 2.45) is 5.92 Å². The van der Waals surface area contributed by atoms with Crippen molar-refractivity contribution in [3.05, 3.63) is 75.9 Å². The first-order valence-electron chi connectivity index (χ1n) is 12.7. The van der Waals surface area contributed by atoms with Crippen LogP contribution in [-0.4, -0.2) is 41.3 Å². The molecule has 1 aliphatic rings. The van der Waals surface area contributed by atoms with Crippen LogP contribution in [0.15, 0.2) is 58.5 Å². The molecule has 0 radical (unpaired) electrons. The number of nitrogens with zero attached hydrogens (tertiary/aromatic N) is 2. The third-order valence-corrected chi connectivity index (χ3v) is 7.55. The van der Waals surface area contributed by atoms with Crippen molar-refractivity contribution in [2.45, 2.75) is 59.0 Å². The number of fused-ring (bicyclic) bond motifs is 1. The summed E-state index contributed by atoms with van der Waals surface area (Å²) in [7, 11) is 0. The molecular weight excluding hydrogens is 472 g/mol. The van der Waals surface area contributed by atoms with Crippen LogP contribution >= 0.6 is 11.3 Å². The van der Waals surface area contributed by atoms with Gasteiger partial charge in [-0.25, -0.2) is 0 Å². The summed E-state index contributed by atoms with van der Waals surface area (Å²) in [6.45, 7) is 9.63. The van der Waals surface area contributed by atoms with Gasteiger partial charge >= 0.3 is 0 Å². The van der Waals surface area contributed by atoms with E-state index in [0.717, 1.165) is 17.7 Å². The monoisotopic (exact) mass is 508 g/mol. The van der Waals surface area contributed by atoms with E-state index in [1.165, 1.54) is 10.4 Å². The van der Waals surface area contributed by atoms with Gasteiger partial charge in [0.15, 0.2) is 0 Å². The average molecular weight is 509 g/mol. The number of amides is 2. The minimum Gasteiger partial charge on any atom is -0.491 e. The maximum absolute atomic E-state index is 13.6. The maximum Gasteiger partial charge on any atom is 0.242 e. The molecule has 4 rings (SSSR count). The molecule has 0 aliphatic carbocycles. The van der Waals surface area contributed by atoms with Crippen LogP contribution in [0.1, 0.15) is 67.8 Å². The highest BCUT2D eigenvalue weighted by atomic mass is 32.1. The normalized spacial score (nSPS) is 15.3. The van der Waals surface area contributed by atoms with Gasteiger partial charge in [0.2, 0.25) is 11.8 Å². The Morgan fingerprint density at radius 3 is 2.58 bits per heavy atom. The summed E-state index contributed by atoms with van der Waals surface area (Å²) in [4.78, 5) is 31.5. The molecule has 36 heavy (non-hydrogen) atoms. The van der Waals surface area contributed by atoms with Crippen LogP contribution in [0, 0.1) is 5.92 Å². The van der Waals surface area contributed by atoms with Gasteiger partial charge in [0.1, 0.15) is 24.7 Å². The summed E-state index contributed by atoms with van der Waals surface area (Å²) in [5, 5.41) is 2.08. The highest BCUT2D eigenvalue weighted by Gasteiger charge is 2.33. The van der Waals surface area contributed by atoms with Gasteiger partial charge in [-0.1, -0.05) is 39.8 Å². The Bertz CT molecular complexity index is 1130. The Kier molecular flexibility index (Phi) is 8.52. The predicted molar refractivity (Wildman–Crippen MR) is 142 cm³/mol. The number of furan rings is 1. The van der Waals surface area contributed by atoms with Gasteiger partial charge in [0.25, 0.3) is 0 Å². The van der Waals surface area contributed by atoms with E-state index < -0.39 is 0 Å². The van der Waals surface area contributed by atoms with Crippen LogP contribution in [0.25, 0.3) is 0 Å². The smallest absolute Gasteiger partial charge is 0.242 e. The lowest BCUT2D eigenvalue weighted by Crippen LogP contribution is -2.47. The second-order valence-corrected chi connectivity index (χ2v) is 11.1. The topological polar surface area (TPSA) is 63.0 Å². The third-order valence-electron chi connectivity index (χ3n) is 6.56. The van der Waals surface area contributed by atoms with E-state index in [2.05, 4.69) is 37.4 Å². The molecule has 0 saturated carbocycles. The van der Waals surface area contributed by atoms with Crippen molar-refractivity contribution in [3.63, 3.8) is 0 Å². The molecular formula is C29H36N2O4S. The van der Waals surface area contributed by atoms with Crippen LogP contribution in [0.4, 0.5) is 0 Å². The second kappa shape index (κ2) is 11.8. The zero-order chi connectivity index (χ0) is 25.7. The highest BCUT2D eigenvalue weighted by Crippen LogP contribution is 2.34. The second-order valence-electron chi connectivity index (χ2n) is 10.1. The summed E-state index contributed by atoms with van der Waals surface area (Å²) in [5.41, 5.74) is 2.41. The molecule has 1 atom stereocenters. The van der Waals surface area contributed by atoms with E-state index in [-0.39, 0.29) is 36.9 Å². The van der Waals surface area contributed by atoms with Crippen molar-refractivity contribution >= 4 is 23.2 Å². The fourth-order valence-electron chi connectivity index (χ4n) is 4.55. The first-order valence-corrected chi connectivity index (χ1v) is 13.6. The highest BCUT2D eigenvalue weighted by molar-refractivity contribution is 7.10. The predicted octanol–water partition coefficient (Wildman–Crippen LogP) is 6.04. The van der Waals surface area contributed by atoms with Crippen LogP contribution in [0.2, 0.25) is 0 Å². The quantitative estimate of drug-likeness (QED) is 0.335. The summed E-state index contributed by atoms with van der Waals surface area (Å²) in [6, 6.07) is 13.7. The van der Waals surface area contributed by atoms with Crippen LogP contribution in [0.5, 0.6) is 5.75 Å². The zero-order valence-electron chi connectivity index (χ0n) is 21.6. The van der Waals surface area contributed by atoms with Gasteiger partial charge in [-0.05, 0) is 65.1 Å². The van der Waals surface area contributed by atoms with Gasteiger partial charge in [-0.15, -0.1) is 11.3 Å². The lowest BCUT2D eigenvalue weighted by molar-refractivity contribution is -0.143. The molecule has 0 fully saturated rings. The Morgan fingerprint density at radius 2 is 1.92 bits per heavy atom. The molecule has 0 unspecified atom stereocenters. The van der Waals surface area contributed by atoms with Gasteiger partial charge in [-0.3, -0.25) is 9.59 Å². The van der Waals surface area contributed by atoms with Crippen molar-refractivity contribution in [3.8, 4) is 5.75 Å². The molecule has 1 aromatic carbocycles. The average Bonchev–Trinajstić information content (AvgIpc) is 3.54. The van der Waals surface area contributed by atoms with Crippen molar-refractivity contribution < 1.29 is 18.7 Å². The molecule has 2 aromatic heterocycles. The summed E-state index contributed by atoms with van der Waals surface area (Å²) in [5.74, 6) is 2.02. The Labute approximate surface area is 217 Å². The van der Waals surface area contributed by atoms with Crippen LogP contribution in [0.3, 0.4) is 0 Å². The zero-order valence-corrected chi connectivity index (χ0v) is 22.4. The summed E-state index contributed by atoms with van der Waals surface area (Å²) >= 11 is 1.73. The van der Waals surface area contributed by atoms with E-state index in [0.29, 0.717) is 31.3 Å². The third kappa shape index (κ3) is 6.38. The van der Waals surface area contributed by atoms with E-state index in [4.69, 9.17) is 9.15 Å². The molecule has 1 aliphatic heterocycles. The molecule has 0 spiro atoms. The Morgan fingerprint density at radius 1 is 1.14 bits per heavy atom. The van der Waals surface area contributed by atoms with Crippen molar-refractivity contribution in [1.29, 1.82) is 0 Å². The molecule has 2 amide bonds. The van der Waals surface area contributed by atoms with E-state index >= 15 is 0 Å². The Balaban J connectivity index is 1.50. The van der Waals surface area contributed by atoms with E-state index in [9.17, 15) is 9.59 Å². The van der Waals surface area contributed by atoms with Crippen LogP contribution in [-0.2, 0) is 22.6 Å². The van der Waals surface area contributed by atoms with E-state index in [1.54, 1.807) is 28.6 Å². The molecule has 0 N–H and O–H groups in total. The minimum atomic E-state index is -0.192. The maximum atomic E-state index is 13.6. The van der Waals surface area contributed by atoms with Gasteiger partial charge < -0.3 is 19.0 Å².